The minimum atomic E-state index is -4.51. The lowest BCUT2D eigenvalue weighted by molar-refractivity contribution is -0.137. The predicted molar refractivity (Wildman–Crippen MR) is 67.8 cm³/mol. The van der Waals surface area contributed by atoms with Crippen LogP contribution >= 0.6 is 0 Å². The summed E-state index contributed by atoms with van der Waals surface area (Å²) in [6, 6.07) is 5.21. The topological polar surface area (TPSA) is 47.8 Å². The van der Waals surface area contributed by atoms with Crippen molar-refractivity contribution < 1.29 is 13.2 Å². The lowest BCUT2D eigenvalue weighted by atomic mass is 10.1. The fraction of sp³-hybridized carbons (Fsp3) is 0.462. The van der Waals surface area contributed by atoms with Gasteiger partial charge in [0.05, 0.1) is 17.2 Å². The molecular weight excluding hydrogens is 255 g/mol. The molecule has 0 spiro atoms. The van der Waals surface area contributed by atoms with Crippen molar-refractivity contribution in [1.82, 2.24) is 5.32 Å². The summed E-state index contributed by atoms with van der Waals surface area (Å²) in [5.41, 5.74) is -0.875. The number of nitrogens with zero attached hydrogens (tertiary/aromatic N) is 1. The number of alkyl halides is 3. The van der Waals surface area contributed by atoms with E-state index in [9.17, 15) is 13.2 Å². The van der Waals surface area contributed by atoms with Crippen LogP contribution in [0.5, 0.6) is 0 Å². The van der Waals surface area contributed by atoms with Gasteiger partial charge in [0.2, 0.25) is 0 Å². The number of anilines is 1. The Balaban J connectivity index is 2.69. The highest BCUT2D eigenvalue weighted by Gasteiger charge is 2.33. The summed E-state index contributed by atoms with van der Waals surface area (Å²) in [4.78, 5) is 0. The predicted octanol–water partition coefficient (Wildman–Crippen LogP) is 2.99. The van der Waals surface area contributed by atoms with Crippen LogP contribution in [0, 0.1) is 11.3 Å². The van der Waals surface area contributed by atoms with E-state index in [1.807, 2.05) is 6.92 Å². The monoisotopic (exact) mass is 271 g/mol. The molecule has 1 aromatic rings. The number of nitrogens with one attached hydrogen (secondary N) is 2. The van der Waals surface area contributed by atoms with E-state index in [2.05, 4.69) is 10.6 Å². The quantitative estimate of drug-likeness (QED) is 0.782. The third-order valence-corrected chi connectivity index (χ3v) is 2.55. The first-order chi connectivity index (χ1) is 8.99. The molecule has 3 nitrogen and oxygen atoms in total. The second kappa shape index (κ2) is 7.00. The molecule has 6 heteroatoms. The van der Waals surface area contributed by atoms with E-state index in [0.717, 1.165) is 25.6 Å². The lowest BCUT2D eigenvalue weighted by Crippen LogP contribution is -2.17. The first kappa shape index (κ1) is 15.3. The van der Waals surface area contributed by atoms with E-state index in [1.54, 1.807) is 6.07 Å². The van der Waals surface area contributed by atoms with Gasteiger partial charge in [0.1, 0.15) is 0 Å². The van der Waals surface area contributed by atoms with Gasteiger partial charge in [-0.05, 0) is 37.7 Å². The van der Waals surface area contributed by atoms with Crippen molar-refractivity contribution in [3.8, 4) is 6.07 Å². The van der Waals surface area contributed by atoms with E-state index >= 15 is 0 Å². The Bertz CT molecular complexity index is 449. The summed E-state index contributed by atoms with van der Waals surface area (Å²) in [6.07, 6.45) is -3.69. The van der Waals surface area contributed by atoms with Crippen LogP contribution in [0.4, 0.5) is 18.9 Å². The maximum atomic E-state index is 12.7. The molecule has 0 bridgehead atoms. The third-order valence-electron chi connectivity index (χ3n) is 2.55. The van der Waals surface area contributed by atoms with Crippen molar-refractivity contribution in [2.75, 3.05) is 25.0 Å². The summed E-state index contributed by atoms with van der Waals surface area (Å²) in [6.45, 7) is 4.25. The second-order valence-corrected chi connectivity index (χ2v) is 4.00. The molecule has 0 aliphatic heterocycles. The van der Waals surface area contributed by atoms with E-state index in [-0.39, 0.29) is 5.56 Å². The number of hydrogen-bond acceptors (Lipinski definition) is 3. The number of benzene rings is 1. The van der Waals surface area contributed by atoms with Gasteiger partial charge in [0.15, 0.2) is 0 Å². The Morgan fingerprint density at radius 2 is 2.00 bits per heavy atom. The van der Waals surface area contributed by atoms with Crippen LogP contribution in [-0.4, -0.2) is 19.6 Å². The van der Waals surface area contributed by atoms with E-state index in [1.165, 1.54) is 12.1 Å². The number of nitriles is 1. The summed E-state index contributed by atoms with van der Waals surface area (Å²) in [5, 5.41) is 14.7. The molecule has 0 unspecified atom stereocenters. The molecule has 104 valence electrons. The zero-order valence-corrected chi connectivity index (χ0v) is 10.6. The summed E-state index contributed by atoms with van der Waals surface area (Å²) in [7, 11) is 0. The van der Waals surface area contributed by atoms with E-state index in [4.69, 9.17) is 5.26 Å². The second-order valence-electron chi connectivity index (χ2n) is 4.00. The SMILES string of the molecule is CCNCCCNc1ccc(C#N)c(C(F)(F)F)c1. The Hall–Kier alpha value is -1.74. The third kappa shape index (κ3) is 4.79. The number of rotatable bonds is 6. The van der Waals surface area contributed by atoms with Gasteiger partial charge in [-0.25, -0.2) is 0 Å². The average Bonchev–Trinajstić information content (AvgIpc) is 2.37. The van der Waals surface area contributed by atoms with Crippen LogP contribution in [0.25, 0.3) is 0 Å². The molecule has 0 saturated heterocycles. The maximum Gasteiger partial charge on any atom is 0.417 e. The molecule has 0 saturated carbocycles. The summed E-state index contributed by atoms with van der Waals surface area (Å²) >= 11 is 0. The standard InChI is InChI=1S/C13H16F3N3/c1-2-18-6-3-7-19-11-5-4-10(9-17)12(8-11)13(14,15)16/h4-5,8,18-19H,2-3,6-7H2,1H3. The van der Waals surface area contributed by atoms with Crippen LogP contribution in [0.3, 0.4) is 0 Å². The van der Waals surface area contributed by atoms with Gasteiger partial charge in [-0.2, -0.15) is 18.4 Å². The van der Waals surface area contributed by atoms with Crippen LogP contribution in [0.15, 0.2) is 18.2 Å². The van der Waals surface area contributed by atoms with Crippen molar-refractivity contribution >= 4 is 5.69 Å². The van der Waals surface area contributed by atoms with Gasteiger partial charge in [0.25, 0.3) is 0 Å². The molecule has 0 aromatic heterocycles. The molecule has 0 radical (unpaired) electrons. The van der Waals surface area contributed by atoms with Crippen molar-refractivity contribution in [3.63, 3.8) is 0 Å². The fourth-order valence-corrected chi connectivity index (χ4v) is 1.61. The van der Waals surface area contributed by atoms with Gasteiger partial charge in [-0.15, -0.1) is 0 Å². The molecule has 19 heavy (non-hydrogen) atoms. The van der Waals surface area contributed by atoms with Gasteiger partial charge in [-0.1, -0.05) is 6.92 Å². The molecule has 1 rings (SSSR count). The molecule has 0 aliphatic rings. The van der Waals surface area contributed by atoms with Crippen LogP contribution in [0.2, 0.25) is 0 Å². The zero-order chi connectivity index (χ0) is 14.3. The lowest BCUT2D eigenvalue weighted by Gasteiger charge is -2.12. The summed E-state index contributed by atoms with van der Waals surface area (Å²) in [5.74, 6) is 0. The molecule has 0 amide bonds. The highest BCUT2D eigenvalue weighted by Crippen LogP contribution is 2.33. The minimum Gasteiger partial charge on any atom is -0.385 e. The highest BCUT2D eigenvalue weighted by molar-refractivity contribution is 5.53. The Labute approximate surface area is 110 Å². The maximum absolute atomic E-state index is 12.7. The molecule has 0 atom stereocenters. The molecule has 0 heterocycles. The van der Waals surface area contributed by atoms with Crippen LogP contribution in [0.1, 0.15) is 24.5 Å². The molecule has 2 N–H and O–H groups in total. The normalized spacial score (nSPS) is 11.1. The first-order valence-electron chi connectivity index (χ1n) is 6.05. The molecule has 0 aliphatic carbocycles. The van der Waals surface area contributed by atoms with Crippen molar-refractivity contribution in [3.05, 3.63) is 29.3 Å². The van der Waals surface area contributed by atoms with Crippen LogP contribution < -0.4 is 10.6 Å². The van der Waals surface area contributed by atoms with Crippen molar-refractivity contribution in [1.29, 1.82) is 5.26 Å². The van der Waals surface area contributed by atoms with Gasteiger partial charge in [0, 0.05) is 12.2 Å². The van der Waals surface area contributed by atoms with Gasteiger partial charge in [-0.3, -0.25) is 0 Å². The molecule has 0 fully saturated rings. The average molecular weight is 271 g/mol. The summed E-state index contributed by atoms with van der Waals surface area (Å²) < 4.78 is 38.1. The number of halogens is 3. The molecular formula is C13H16F3N3. The first-order valence-corrected chi connectivity index (χ1v) is 6.05. The van der Waals surface area contributed by atoms with Crippen molar-refractivity contribution in [2.24, 2.45) is 0 Å². The fourth-order valence-electron chi connectivity index (χ4n) is 1.61. The molecule has 1 aromatic carbocycles. The Kier molecular flexibility index (Phi) is 5.64. The van der Waals surface area contributed by atoms with Crippen molar-refractivity contribution in [2.45, 2.75) is 19.5 Å². The van der Waals surface area contributed by atoms with E-state index < -0.39 is 11.7 Å². The van der Waals surface area contributed by atoms with Gasteiger partial charge < -0.3 is 10.6 Å². The zero-order valence-electron chi connectivity index (χ0n) is 10.6. The largest absolute Gasteiger partial charge is 0.417 e. The Morgan fingerprint density at radius 1 is 1.26 bits per heavy atom. The van der Waals surface area contributed by atoms with Crippen LogP contribution in [-0.2, 0) is 6.18 Å². The number of hydrogen-bond donors (Lipinski definition) is 2. The Morgan fingerprint density at radius 3 is 2.58 bits per heavy atom. The highest BCUT2D eigenvalue weighted by atomic mass is 19.4. The van der Waals surface area contributed by atoms with E-state index in [0.29, 0.717) is 12.2 Å². The minimum absolute atomic E-state index is 0.356. The van der Waals surface area contributed by atoms with Gasteiger partial charge >= 0.3 is 6.18 Å². The smallest absolute Gasteiger partial charge is 0.385 e.